The van der Waals surface area contributed by atoms with Crippen LogP contribution in [-0.2, 0) is 0 Å². The summed E-state index contributed by atoms with van der Waals surface area (Å²) >= 11 is 7.07. The summed E-state index contributed by atoms with van der Waals surface area (Å²) < 4.78 is 8.14. The van der Waals surface area contributed by atoms with Crippen molar-refractivity contribution in [1.29, 1.82) is 0 Å². The van der Waals surface area contributed by atoms with Crippen LogP contribution in [0.5, 0.6) is 0 Å². The third-order valence-electron chi connectivity index (χ3n) is 2.17. The zero-order chi connectivity index (χ0) is 9.84. The van der Waals surface area contributed by atoms with Gasteiger partial charge in [-0.3, -0.25) is 0 Å². The molecule has 0 aromatic carbocycles. The van der Waals surface area contributed by atoms with Crippen molar-refractivity contribution in [3.63, 3.8) is 0 Å². The van der Waals surface area contributed by atoms with E-state index in [-0.39, 0.29) is 0 Å². The van der Waals surface area contributed by atoms with Gasteiger partial charge in [-0.1, -0.05) is 18.5 Å². The minimum Gasteiger partial charge on any atom is -0.351 e. The van der Waals surface area contributed by atoms with Gasteiger partial charge in [0.15, 0.2) is 11.0 Å². The monoisotopic (exact) mass is 219 g/mol. The van der Waals surface area contributed by atoms with E-state index in [0.717, 1.165) is 30.5 Å². The van der Waals surface area contributed by atoms with Crippen LogP contribution in [0.3, 0.4) is 0 Å². The Hall–Kier alpha value is -0.350. The van der Waals surface area contributed by atoms with E-state index in [9.17, 15) is 0 Å². The van der Waals surface area contributed by atoms with E-state index >= 15 is 0 Å². The molecule has 1 atom stereocenters. The Morgan fingerprint density at radius 3 is 2.54 bits per heavy atom. The Kier molecular flexibility index (Phi) is 3.93. The van der Waals surface area contributed by atoms with Crippen LogP contribution in [0.4, 0.5) is 5.82 Å². The van der Waals surface area contributed by atoms with Gasteiger partial charge in [0.1, 0.15) is 0 Å². The van der Waals surface area contributed by atoms with E-state index in [0.29, 0.717) is 11.2 Å². The number of halogens is 1. The van der Waals surface area contributed by atoms with Gasteiger partial charge in [-0.05, 0) is 20.3 Å². The SMILES string of the molecule is CCC(C)N(CC)c1nsnc1Cl. The molecule has 0 saturated heterocycles. The van der Waals surface area contributed by atoms with Crippen LogP contribution in [0.1, 0.15) is 27.2 Å². The molecule has 74 valence electrons. The zero-order valence-electron chi connectivity index (χ0n) is 8.12. The van der Waals surface area contributed by atoms with Crippen molar-refractivity contribution < 1.29 is 0 Å². The van der Waals surface area contributed by atoms with E-state index < -0.39 is 0 Å². The fourth-order valence-corrected chi connectivity index (χ4v) is 1.99. The van der Waals surface area contributed by atoms with Crippen molar-refractivity contribution in [3.05, 3.63) is 5.15 Å². The van der Waals surface area contributed by atoms with Crippen molar-refractivity contribution in [1.82, 2.24) is 8.75 Å². The molecule has 1 aromatic heterocycles. The molecule has 1 rings (SSSR count). The lowest BCUT2D eigenvalue weighted by molar-refractivity contribution is 0.625. The summed E-state index contributed by atoms with van der Waals surface area (Å²) in [5.74, 6) is 0.823. The first-order valence-electron chi connectivity index (χ1n) is 4.45. The van der Waals surface area contributed by atoms with Gasteiger partial charge < -0.3 is 4.90 Å². The van der Waals surface area contributed by atoms with Crippen LogP contribution in [0, 0.1) is 0 Å². The molecule has 5 heteroatoms. The summed E-state index contributed by atoms with van der Waals surface area (Å²) in [5, 5.41) is 0.521. The van der Waals surface area contributed by atoms with Gasteiger partial charge in [0.2, 0.25) is 0 Å². The van der Waals surface area contributed by atoms with Gasteiger partial charge in [0.25, 0.3) is 0 Å². The fraction of sp³-hybridized carbons (Fsp3) is 0.750. The molecule has 13 heavy (non-hydrogen) atoms. The number of nitrogens with zero attached hydrogens (tertiary/aromatic N) is 3. The van der Waals surface area contributed by atoms with E-state index in [2.05, 4.69) is 34.4 Å². The standard InChI is InChI=1S/C8H14ClN3S/c1-4-6(3)12(5-2)8-7(9)10-13-11-8/h6H,4-5H2,1-3H3. The van der Waals surface area contributed by atoms with E-state index in [1.807, 2.05) is 0 Å². The predicted molar refractivity (Wildman–Crippen MR) is 57.7 cm³/mol. The van der Waals surface area contributed by atoms with Crippen LogP contribution in [-0.4, -0.2) is 21.3 Å². The number of hydrogen-bond acceptors (Lipinski definition) is 4. The Morgan fingerprint density at radius 1 is 1.46 bits per heavy atom. The molecule has 3 nitrogen and oxygen atoms in total. The molecule has 1 heterocycles. The topological polar surface area (TPSA) is 29.0 Å². The Bertz CT molecular complexity index is 264. The predicted octanol–water partition coefficient (Wildman–Crippen LogP) is 2.82. The molecule has 1 aromatic rings. The molecule has 0 amide bonds. The van der Waals surface area contributed by atoms with Gasteiger partial charge in [-0.15, -0.1) is 0 Å². The molecule has 0 saturated carbocycles. The summed E-state index contributed by atoms with van der Waals surface area (Å²) in [6, 6.07) is 0.464. The maximum Gasteiger partial charge on any atom is 0.187 e. The number of aromatic nitrogens is 2. The lowest BCUT2D eigenvalue weighted by Gasteiger charge is -2.26. The van der Waals surface area contributed by atoms with Crippen LogP contribution in [0.25, 0.3) is 0 Å². The second kappa shape index (κ2) is 4.77. The molecular weight excluding hydrogens is 206 g/mol. The molecule has 0 bridgehead atoms. The summed E-state index contributed by atoms with van der Waals surface area (Å²) in [7, 11) is 0. The maximum absolute atomic E-state index is 5.91. The molecule has 1 unspecified atom stereocenters. The van der Waals surface area contributed by atoms with Crippen LogP contribution in [0.15, 0.2) is 0 Å². The summed E-state index contributed by atoms with van der Waals surface area (Å²) in [5.41, 5.74) is 0. The molecule has 0 aliphatic carbocycles. The lowest BCUT2D eigenvalue weighted by Crippen LogP contribution is -2.32. The fourth-order valence-electron chi connectivity index (χ4n) is 1.23. The van der Waals surface area contributed by atoms with Crippen LogP contribution in [0.2, 0.25) is 5.15 Å². The van der Waals surface area contributed by atoms with Crippen molar-refractivity contribution in [2.45, 2.75) is 33.2 Å². The third-order valence-corrected chi connectivity index (χ3v) is 3.04. The minimum absolute atomic E-state index is 0.464. The summed E-state index contributed by atoms with van der Waals surface area (Å²) in [4.78, 5) is 2.17. The third kappa shape index (κ3) is 2.31. The molecular formula is C8H14ClN3S. The van der Waals surface area contributed by atoms with Gasteiger partial charge >= 0.3 is 0 Å². The highest BCUT2D eigenvalue weighted by atomic mass is 35.5. The Morgan fingerprint density at radius 2 is 2.15 bits per heavy atom. The lowest BCUT2D eigenvalue weighted by atomic mass is 10.2. The number of anilines is 1. The van der Waals surface area contributed by atoms with Gasteiger partial charge in [-0.2, -0.15) is 8.75 Å². The van der Waals surface area contributed by atoms with Crippen molar-refractivity contribution in [2.24, 2.45) is 0 Å². The van der Waals surface area contributed by atoms with Crippen molar-refractivity contribution in [3.8, 4) is 0 Å². The number of hydrogen-bond donors (Lipinski definition) is 0. The number of rotatable bonds is 4. The Balaban J connectivity index is 2.84. The molecule has 0 spiro atoms. The molecule has 0 radical (unpaired) electrons. The van der Waals surface area contributed by atoms with Crippen molar-refractivity contribution in [2.75, 3.05) is 11.4 Å². The average molecular weight is 220 g/mol. The maximum atomic E-state index is 5.91. The first kappa shape index (κ1) is 10.7. The van der Waals surface area contributed by atoms with E-state index in [1.54, 1.807) is 0 Å². The first-order valence-corrected chi connectivity index (χ1v) is 5.56. The Labute approximate surface area is 88.0 Å². The van der Waals surface area contributed by atoms with Gasteiger partial charge in [-0.25, -0.2) is 0 Å². The average Bonchev–Trinajstić information content (AvgIpc) is 2.53. The molecule has 0 aliphatic rings. The highest BCUT2D eigenvalue weighted by molar-refractivity contribution is 6.99. The first-order chi connectivity index (χ1) is 6.20. The van der Waals surface area contributed by atoms with E-state index in [1.165, 1.54) is 0 Å². The van der Waals surface area contributed by atoms with Crippen LogP contribution < -0.4 is 4.90 Å². The second-order valence-electron chi connectivity index (χ2n) is 2.92. The molecule has 0 N–H and O–H groups in total. The normalized spacial score (nSPS) is 12.9. The quantitative estimate of drug-likeness (QED) is 0.780. The zero-order valence-corrected chi connectivity index (χ0v) is 9.69. The second-order valence-corrected chi connectivity index (χ2v) is 3.81. The largest absolute Gasteiger partial charge is 0.351 e. The summed E-state index contributed by atoms with van der Waals surface area (Å²) in [6.45, 7) is 7.34. The highest BCUT2D eigenvalue weighted by Crippen LogP contribution is 2.24. The minimum atomic E-state index is 0.464. The van der Waals surface area contributed by atoms with Gasteiger partial charge in [0, 0.05) is 12.6 Å². The molecule has 0 aliphatic heterocycles. The van der Waals surface area contributed by atoms with E-state index in [4.69, 9.17) is 11.6 Å². The smallest absolute Gasteiger partial charge is 0.187 e. The summed E-state index contributed by atoms with van der Waals surface area (Å²) in [6.07, 6.45) is 1.09. The molecule has 0 fully saturated rings. The van der Waals surface area contributed by atoms with Gasteiger partial charge in [0.05, 0.1) is 11.7 Å². The van der Waals surface area contributed by atoms with Crippen molar-refractivity contribution >= 4 is 29.1 Å². The van der Waals surface area contributed by atoms with Crippen LogP contribution >= 0.6 is 23.3 Å². The highest BCUT2D eigenvalue weighted by Gasteiger charge is 2.17.